The van der Waals surface area contributed by atoms with Crippen molar-refractivity contribution >= 4 is 17.8 Å². The number of esters is 1. The number of hydrogen-bond acceptors (Lipinski definition) is 3. The van der Waals surface area contributed by atoms with Gasteiger partial charge in [0.05, 0.1) is 12.7 Å². The molecular weight excluding hydrogens is 336 g/mol. The van der Waals surface area contributed by atoms with Crippen LogP contribution < -0.4 is 0 Å². The summed E-state index contributed by atoms with van der Waals surface area (Å²) in [5.74, 6) is -0.000929. The lowest BCUT2D eigenvalue weighted by molar-refractivity contribution is -0.117. The number of ether oxygens (including phenoxy) is 1. The van der Waals surface area contributed by atoms with Crippen molar-refractivity contribution in [3.8, 4) is 11.1 Å². The highest BCUT2D eigenvalue weighted by molar-refractivity contribution is 5.98. The highest BCUT2D eigenvalue weighted by Gasteiger charge is 2.31. The number of ketones is 1. The Hall–Kier alpha value is -2.94. The minimum absolute atomic E-state index is 0.0293. The van der Waals surface area contributed by atoms with Crippen LogP contribution in [0.15, 0.2) is 66.8 Å². The molecule has 0 heterocycles. The van der Waals surface area contributed by atoms with Gasteiger partial charge in [-0.1, -0.05) is 73.7 Å². The van der Waals surface area contributed by atoms with E-state index in [1.807, 2.05) is 60.7 Å². The van der Waals surface area contributed by atoms with Crippen LogP contribution in [0.3, 0.4) is 0 Å². The summed E-state index contributed by atoms with van der Waals surface area (Å²) in [7, 11) is 1.39. The molecule has 3 rings (SSSR count). The second-order valence-electron chi connectivity index (χ2n) is 7.21. The second-order valence-corrected chi connectivity index (χ2v) is 7.21. The molecular formula is C24H24O3. The van der Waals surface area contributed by atoms with Crippen LogP contribution >= 0.6 is 0 Å². The zero-order valence-electron chi connectivity index (χ0n) is 15.8. The predicted molar refractivity (Wildman–Crippen MR) is 108 cm³/mol. The zero-order valence-corrected chi connectivity index (χ0v) is 15.8. The first-order valence-corrected chi connectivity index (χ1v) is 9.17. The molecule has 1 unspecified atom stereocenters. The fourth-order valence-electron chi connectivity index (χ4n) is 3.54. The van der Waals surface area contributed by atoms with E-state index < -0.39 is 0 Å². The summed E-state index contributed by atoms with van der Waals surface area (Å²) >= 11 is 0. The molecule has 0 aromatic heterocycles. The molecule has 1 saturated carbocycles. The Morgan fingerprint density at radius 3 is 2.44 bits per heavy atom. The number of Topliss-reactive ketones (excluding diaryl/α,β-unsaturated/α-hetero) is 1. The maximum Gasteiger partial charge on any atom is 0.338 e. The normalized spacial score (nSPS) is 19.9. The lowest BCUT2D eigenvalue weighted by atomic mass is 9.88. The molecule has 0 N–H and O–H groups in total. The maximum atomic E-state index is 12.1. The zero-order chi connectivity index (χ0) is 19.3. The quantitative estimate of drug-likeness (QED) is 0.524. The summed E-state index contributed by atoms with van der Waals surface area (Å²) in [4.78, 5) is 23.6. The molecule has 0 aliphatic heterocycles. The number of carbonyl (C=O) groups excluding carboxylic acids is 2. The van der Waals surface area contributed by atoms with E-state index in [-0.39, 0.29) is 11.4 Å². The Balaban J connectivity index is 1.87. The van der Waals surface area contributed by atoms with Crippen LogP contribution in [0.2, 0.25) is 0 Å². The molecule has 2 aromatic carbocycles. The van der Waals surface area contributed by atoms with Crippen LogP contribution in [0.5, 0.6) is 0 Å². The van der Waals surface area contributed by atoms with Gasteiger partial charge in [0.1, 0.15) is 5.78 Å². The molecule has 1 atom stereocenters. The molecule has 27 heavy (non-hydrogen) atoms. The standard InChI is InChI=1S/C24H24O3/c1-24(16-14-19(25)17-24)15-8-7-10-18-9-3-4-11-20(18)21-12-5-6-13-22(21)23(26)27-2/h3-13,15H,14,16-17H2,1-2H3/b10-7-,15-8+. The minimum Gasteiger partial charge on any atom is -0.465 e. The van der Waals surface area contributed by atoms with Gasteiger partial charge in [0, 0.05) is 12.8 Å². The average molecular weight is 360 g/mol. The number of carbonyl (C=O) groups is 2. The first-order valence-electron chi connectivity index (χ1n) is 9.17. The van der Waals surface area contributed by atoms with Gasteiger partial charge in [-0.15, -0.1) is 0 Å². The lowest BCUT2D eigenvalue weighted by Gasteiger charge is -2.16. The van der Waals surface area contributed by atoms with E-state index in [4.69, 9.17) is 4.74 Å². The predicted octanol–water partition coefficient (Wildman–Crippen LogP) is 5.47. The van der Waals surface area contributed by atoms with E-state index in [9.17, 15) is 9.59 Å². The summed E-state index contributed by atoms with van der Waals surface area (Å²) in [5, 5.41) is 0. The molecule has 0 spiro atoms. The summed E-state index contributed by atoms with van der Waals surface area (Å²) < 4.78 is 4.92. The van der Waals surface area contributed by atoms with Crippen LogP contribution in [-0.2, 0) is 9.53 Å². The van der Waals surface area contributed by atoms with Crippen molar-refractivity contribution in [2.24, 2.45) is 5.41 Å². The number of rotatable bonds is 5. The Bertz CT molecular complexity index is 907. The number of methoxy groups -OCH3 is 1. The molecule has 0 bridgehead atoms. The SMILES string of the molecule is COC(=O)c1ccccc1-c1ccccc1/C=C\C=C\C1(C)CCC(=O)C1. The van der Waals surface area contributed by atoms with Gasteiger partial charge in [0.15, 0.2) is 0 Å². The Morgan fingerprint density at radius 1 is 1.04 bits per heavy atom. The van der Waals surface area contributed by atoms with Crippen molar-refractivity contribution in [3.05, 3.63) is 77.9 Å². The minimum atomic E-state index is -0.344. The Kier molecular flexibility index (Phi) is 5.70. The molecule has 0 amide bonds. The van der Waals surface area contributed by atoms with Gasteiger partial charge >= 0.3 is 5.97 Å². The highest BCUT2D eigenvalue weighted by Crippen LogP contribution is 2.36. The monoisotopic (exact) mass is 360 g/mol. The largest absolute Gasteiger partial charge is 0.465 e. The van der Waals surface area contributed by atoms with Crippen LogP contribution in [-0.4, -0.2) is 18.9 Å². The third-order valence-electron chi connectivity index (χ3n) is 5.04. The first kappa shape index (κ1) is 18.8. The first-order chi connectivity index (χ1) is 13.0. The summed E-state index contributed by atoms with van der Waals surface area (Å²) in [6.45, 7) is 2.13. The van der Waals surface area contributed by atoms with Crippen LogP contribution in [0, 0.1) is 5.41 Å². The van der Waals surface area contributed by atoms with E-state index in [1.54, 1.807) is 6.07 Å². The van der Waals surface area contributed by atoms with Crippen molar-refractivity contribution in [1.82, 2.24) is 0 Å². The fraction of sp³-hybridized carbons (Fsp3) is 0.250. The summed E-state index contributed by atoms with van der Waals surface area (Å²) in [6.07, 6.45) is 10.4. The van der Waals surface area contributed by atoms with Crippen molar-refractivity contribution in [3.63, 3.8) is 0 Å². The lowest BCUT2D eigenvalue weighted by Crippen LogP contribution is -2.07. The molecule has 1 fully saturated rings. The molecule has 0 saturated heterocycles. The third-order valence-corrected chi connectivity index (χ3v) is 5.04. The third kappa shape index (κ3) is 4.43. The van der Waals surface area contributed by atoms with Crippen molar-refractivity contribution in [1.29, 1.82) is 0 Å². The van der Waals surface area contributed by atoms with Crippen LogP contribution in [0.4, 0.5) is 0 Å². The van der Waals surface area contributed by atoms with E-state index in [0.717, 1.165) is 23.1 Å². The molecule has 2 aromatic rings. The number of hydrogen-bond donors (Lipinski definition) is 0. The molecule has 0 radical (unpaired) electrons. The summed E-state index contributed by atoms with van der Waals surface area (Å²) in [5.41, 5.74) is 3.37. The van der Waals surface area contributed by atoms with Crippen molar-refractivity contribution < 1.29 is 14.3 Å². The van der Waals surface area contributed by atoms with Gasteiger partial charge in [-0.3, -0.25) is 4.79 Å². The second kappa shape index (κ2) is 8.17. The number of benzene rings is 2. The van der Waals surface area contributed by atoms with Gasteiger partial charge in [0.25, 0.3) is 0 Å². The van der Waals surface area contributed by atoms with Crippen molar-refractivity contribution in [2.45, 2.75) is 26.2 Å². The molecule has 3 heteroatoms. The smallest absolute Gasteiger partial charge is 0.338 e. The molecule has 1 aliphatic rings. The van der Waals surface area contributed by atoms with E-state index in [2.05, 4.69) is 13.0 Å². The van der Waals surface area contributed by atoms with Gasteiger partial charge in [-0.25, -0.2) is 4.79 Å². The maximum absolute atomic E-state index is 12.1. The van der Waals surface area contributed by atoms with Gasteiger partial charge in [-0.05, 0) is 34.6 Å². The number of allylic oxidation sites excluding steroid dienone is 3. The Labute approximate surface area is 160 Å². The Morgan fingerprint density at radius 2 is 1.74 bits per heavy atom. The molecule has 138 valence electrons. The van der Waals surface area contributed by atoms with E-state index in [1.165, 1.54) is 7.11 Å². The molecule has 3 nitrogen and oxygen atoms in total. The van der Waals surface area contributed by atoms with Gasteiger partial charge in [-0.2, -0.15) is 0 Å². The van der Waals surface area contributed by atoms with Gasteiger partial charge < -0.3 is 4.74 Å². The van der Waals surface area contributed by atoms with Crippen LogP contribution in [0.25, 0.3) is 17.2 Å². The van der Waals surface area contributed by atoms with Crippen LogP contribution in [0.1, 0.15) is 42.1 Å². The topological polar surface area (TPSA) is 43.4 Å². The van der Waals surface area contributed by atoms with E-state index in [0.29, 0.717) is 24.2 Å². The van der Waals surface area contributed by atoms with Crippen molar-refractivity contribution in [2.75, 3.05) is 7.11 Å². The average Bonchev–Trinajstić information content (AvgIpc) is 3.04. The summed E-state index contributed by atoms with van der Waals surface area (Å²) in [6, 6.07) is 15.4. The highest BCUT2D eigenvalue weighted by atomic mass is 16.5. The van der Waals surface area contributed by atoms with Gasteiger partial charge in [0.2, 0.25) is 0 Å². The molecule has 1 aliphatic carbocycles. The van der Waals surface area contributed by atoms with E-state index >= 15 is 0 Å². The fourth-order valence-corrected chi connectivity index (χ4v) is 3.54.